The summed E-state index contributed by atoms with van der Waals surface area (Å²) in [6.07, 6.45) is -1.49. The van der Waals surface area contributed by atoms with Crippen molar-refractivity contribution in [2.45, 2.75) is 32.4 Å². The Kier molecular flexibility index (Phi) is 7.93. The van der Waals surface area contributed by atoms with Gasteiger partial charge in [-0.3, -0.25) is 9.69 Å². The minimum atomic E-state index is -3.06. The Morgan fingerprint density at radius 2 is 2.06 bits per heavy atom. The number of halogens is 3. The molecule has 3 rings (SSSR count). The first-order chi connectivity index (χ1) is 16.1. The van der Waals surface area contributed by atoms with Crippen molar-refractivity contribution in [1.29, 1.82) is 0 Å². The summed E-state index contributed by atoms with van der Waals surface area (Å²) in [5.41, 5.74) is -0.581. The van der Waals surface area contributed by atoms with Crippen molar-refractivity contribution >= 4 is 11.9 Å². The van der Waals surface area contributed by atoms with E-state index in [9.17, 15) is 22.8 Å². The molecule has 0 bridgehead atoms. The maximum atomic E-state index is 14.3. The minimum absolute atomic E-state index is 0.0557. The number of benzene rings is 1. The van der Waals surface area contributed by atoms with Gasteiger partial charge in [-0.05, 0) is 43.2 Å². The summed E-state index contributed by atoms with van der Waals surface area (Å²) in [6.45, 7) is 8.84. The number of pyridine rings is 1. The first kappa shape index (κ1) is 25.2. The van der Waals surface area contributed by atoms with Gasteiger partial charge in [-0.2, -0.15) is 0 Å². The van der Waals surface area contributed by atoms with Gasteiger partial charge in [0.2, 0.25) is 5.91 Å². The number of carboxylic acid groups (broad SMARTS) is 1. The van der Waals surface area contributed by atoms with Crippen LogP contribution in [0.5, 0.6) is 5.75 Å². The SMILES string of the molecule is C=CC(=O)N1CCN(C[C@@H](Oc2cnc(C(=O)O)c(C(F)F)c2)c2ccc(C)c(F)c2)C[C@H]1C. The van der Waals surface area contributed by atoms with Gasteiger partial charge in [0.15, 0.2) is 5.69 Å². The van der Waals surface area contributed by atoms with Gasteiger partial charge in [0.25, 0.3) is 6.43 Å². The number of alkyl halides is 2. The molecule has 1 aromatic carbocycles. The summed E-state index contributed by atoms with van der Waals surface area (Å²) in [4.78, 5) is 30.6. The lowest BCUT2D eigenvalue weighted by Crippen LogP contribution is -2.54. The minimum Gasteiger partial charge on any atom is -0.483 e. The van der Waals surface area contributed by atoms with Crippen molar-refractivity contribution in [2.24, 2.45) is 0 Å². The van der Waals surface area contributed by atoms with Crippen LogP contribution in [0.3, 0.4) is 0 Å². The number of aryl methyl sites for hydroxylation is 1. The highest BCUT2D eigenvalue weighted by atomic mass is 19.3. The molecule has 1 saturated heterocycles. The highest BCUT2D eigenvalue weighted by Gasteiger charge is 2.29. The summed E-state index contributed by atoms with van der Waals surface area (Å²) in [5, 5.41) is 9.12. The van der Waals surface area contributed by atoms with Gasteiger partial charge in [-0.1, -0.05) is 18.7 Å². The Morgan fingerprint density at radius 1 is 1.32 bits per heavy atom. The van der Waals surface area contributed by atoms with Crippen LogP contribution in [0.15, 0.2) is 43.1 Å². The van der Waals surface area contributed by atoms with Crippen LogP contribution < -0.4 is 4.74 Å². The van der Waals surface area contributed by atoms with E-state index in [2.05, 4.69) is 11.6 Å². The fraction of sp³-hybridized carbons (Fsp3) is 0.375. The van der Waals surface area contributed by atoms with E-state index in [1.165, 1.54) is 12.1 Å². The molecule has 0 spiro atoms. The Morgan fingerprint density at radius 3 is 2.65 bits per heavy atom. The van der Waals surface area contributed by atoms with E-state index >= 15 is 0 Å². The summed E-state index contributed by atoms with van der Waals surface area (Å²) >= 11 is 0. The first-order valence-electron chi connectivity index (χ1n) is 10.7. The standard InChI is InChI=1S/C24H26F3N3O4/c1-4-21(31)30-8-7-29(12-15(30)3)13-20(16-6-5-14(2)19(25)9-16)34-17-10-18(23(26)27)22(24(32)33)28-11-17/h4-6,9-11,15,20,23H,1,7-8,12-13H2,2-3H3,(H,32,33)/t15-,20-/m1/s1. The predicted molar refractivity (Wildman–Crippen MR) is 118 cm³/mol. The quantitative estimate of drug-likeness (QED) is 0.579. The van der Waals surface area contributed by atoms with Gasteiger partial charge in [0, 0.05) is 32.2 Å². The molecule has 10 heteroatoms. The average Bonchev–Trinajstić information content (AvgIpc) is 2.79. The molecule has 0 unspecified atom stereocenters. The third kappa shape index (κ3) is 5.74. The van der Waals surface area contributed by atoms with Crippen molar-refractivity contribution in [3.8, 4) is 5.75 Å². The number of rotatable bonds is 8. The zero-order valence-electron chi connectivity index (χ0n) is 18.9. The highest BCUT2D eigenvalue weighted by Crippen LogP contribution is 2.30. The molecule has 182 valence electrons. The number of carbonyl (C=O) groups is 2. The van der Waals surface area contributed by atoms with E-state index in [4.69, 9.17) is 9.84 Å². The number of aromatic nitrogens is 1. The molecule has 2 aromatic rings. The van der Waals surface area contributed by atoms with Gasteiger partial charge >= 0.3 is 5.97 Å². The number of aromatic carboxylic acids is 1. The van der Waals surface area contributed by atoms with Crippen LogP contribution in [0.1, 0.15) is 46.6 Å². The maximum Gasteiger partial charge on any atom is 0.354 e. The fourth-order valence-corrected chi connectivity index (χ4v) is 3.93. The van der Waals surface area contributed by atoms with Crippen LogP contribution in [0.25, 0.3) is 0 Å². The van der Waals surface area contributed by atoms with Crippen LogP contribution in [-0.2, 0) is 4.79 Å². The monoisotopic (exact) mass is 477 g/mol. The Labute approximate surface area is 195 Å². The zero-order chi connectivity index (χ0) is 25.0. The predicted octanol–water partition coefficient (Wildman–Crippen LogP) is 4.00. The van der Waals surface area contributed by atoms with Gasteiger partial charge in [0.05, 0.1) is 11.8 Å². The van der Waals surface area contributed by atoms with E-state index in [1.807, 2.05) is 11.8 Å². The van der Waals surface area contributed by atoms with Crippen molar-refractivity contribution in [1.82, 2.24) is 14.8 Å². The van der Waals surface area contributed by atoms with E-state index in [1.54, 1.807) is 24.0 Å². The average molecular weight is 477 g/mol. The topological polar surface area (TPSA) is 83.0 Å². The smallest absolute Gasteiger partial charge is 0.354 e. The second kappa shape index (κ2) is 10.7. The van der Waals surface area contributed by atoms with Crippen LogP contribution >= 0.6 is 0 Å². The molecule has 1 fully saturated rings. The van der Waals surface area contributed by atoms with E-state index in [-0.39, 0.29) is 24.2 Å². The molecule has 1 amide bonds. The number of piperazine rings is 1. The molecule has 1 aliphatic heterocycles. The lowest BCUT2D eigenvalue weighted by Gasteiger charge is -2.40. The molecule has 0 saturated carbocycles. The number of nitrogens with zero attached hydrogens (tertiary/aromatic N) is 3. The summed E-state index contributed by atoms with van der Waals surface area (Å²) < 4.78 is 47.1. The van der Waals surface area contributed by atoms with Crippen molar-refractivity contribution in [3.63, 3.8) is 0 Å². The molecule has 0 aliphatic carbocycles. The molecule has 1 N–H and O–H groups in total. The number of hydrogen-bond donors (Lipinski definition) is 1. The normalized spacial score (nSPS) is 17.5. The molecule has 2 heterocycles. The third-order valence-corrected chi connectivity index (χ3v) is 5.77. The lowest BCUT2D eigenvalue weighted by atomic mass is 10.0. The molecule has 7 nitrogen and oxygen atoms in total. The number of carbonyl (C=O) groups excluding carboxylic acids is 1. The Balaban J connectivity index is 1.87. The number of ether oxygens (including phenoxy) is 1. The zero-order valence-corrected chi connectivity index (χ0v) is 18.9. The molecular formula is C24H26F3N3O4. The second-order valence-corrected chi connectivity index (χ2v) is 8.17. The number of hydrogen-bond acceptors (Lipinski definition) is 5. The first-order valence-corrected chi connectivity index (χ1v) is 10.7. The van der Waals surface area contributed by atoms with E-state index in [0.717, 1.165) is 12.3 Å². The van der Waals surface area contributed by atoms with Gasteiger partial charge in [-0.15, -0.1) is 0 Å². The van der Waals surface area contributed by atoms with Crippen LogP contribution in [0.2, 0.25) is 0 Å². The van der Waals surface area contributed by atoms with Crippen LogP contribution in [0.4, 0.5) is 13.2 Å². The van der Waals surface area contributed by atoms with Gasteiger partial charge in [-0.25, -0.2) is 22.9 Å². The summed E-state index contributed by atoms with van der Waals surface area (Å²) in [5.74, 6) is -2.22. The van der Waals surface area contributed by atoms with Crippen LogP contribution in [-0.4, -0.2) is 64.0 Å². The summed E-state index contributed by atoms with van der Waals surface area (Å²) in [7, 11) is 0. The highest BCUT2D eigenvalue weighted by molar-refractivity contribution is 5.87. The Bertz CT molecular complexity index is 1080. The number of amides is 1. The fourth-order valence-electron chi connectivity index (χ4n) is 3.93. The number of carboxylic acids is 1. The van der Waals surface area contributed by atoms with Crippen molar-refractivity contribution < 1.29 is 32.6 Å². The lowest BCUT2D eigenvalue weighted by molar-refractivity contribution is -0.130. The van der Waals surface area contributed by atoms with Crippen molar-refractivity contribution in [3.05, 3.63) is 71.3 Å². The summed E-state index contributed by atoms with van der Waals surface area (Å²) in [6, 6.07) is 5.46. The third-order valence-electron chi connectivity index (χ3n) is 5.77. The van der Waals surface area contributed by atoms with Crippen molar-refractivity contribution in [2.75, 3.05) is 26.2 Å². The van der Waals surface area contributed by atoms with Gasteiger partial charge in [0.1, 0.15) is 17.7 Å². The van der Waals surface area contributed by atoms with Crippen LogP contribution in [0, 0.1) is 12.7 Å². The largest absolute Gasteiger partial charge is 0.483 e. The Hall–Kier alpha value is -3.40. The maximum absolute atomic E-state index is 14.3. The second-order valence-electron chi connectivity index (χ2n) is 8.17. The van der Waals surface area contributed by atoms with E-state index in [0.29, 0.717) is 30.8 Å². The molecule has 1 aromatic heterocycles. The molecule has 34 heavy (non-hydrogen) atoms. The van der Waals surface area contributed by atoms with Gasteiger partial charge < -0.3 is 14.7 Å². The molecule has 1 aliphatic rings. The van der Waals surface area contributed by atoms with E-state index < -0.39 is 35.6 Å². The molecule has 0 radical (unpaired) electrons. The molecular weight excluding hydrogens is 451 g/mol. The molecule has 2 atom stereocenters.